The van der Waals surface area contributed by atoms with E-state index >= 15 is 0 Å². The second kappa shape index (κ2) is 4.34. The Balaban J connectivity index is 2.23. The average Bonchev–Trinajstić information content (AvgIpc) is 2.87. The Morgan fingerprint density at radius 2 is 1.88 bits per heavy atom. The van der Waals surface area contributed by atoms with Gasteiger partial charge in [0, 0.05) is 11.6 Å². The number of hydrogen-bond acceptors (Lipinski definition) is 2. The van der Waals surface area contributed by atoms with Crippen LogP contribution in [0, 0.1) is 0 Å². The third-order valence-electron chi connectivity index (χ3n) is 2.76. The van der Waals surface area contributed by atoms with Crippen molar-refractivity contribution in [3.63, 3.8) is 0 Å². The Hall–Kier alpha value is -1.61. The van der Waals surface area contributed by atoms with Gasteiger partial charge in [0.15, 0.2) is 0 Å². The van der Waals surface area contributed by atoms with Crippen LogP contribution in [0.5, 0.6) is 0 Å². The van der Waals surface area contributed by atoms with Crippen molar-refractivity contribution < 1.29 is 4.52 Å². The number of benzene rings is 2. The van der Waals surface area contributed by atoms with Gasteiger partial charge in [-0.05, 0) is 10.8 Å². The van der Waals surface area contributed by atoms with E-state index in [4.69, 9.17) is 4.52 Å². The van der Waals surface area contributed by atoms with Crippen LogP contribution < -0.4 is 0 Å². The molecule has 0 spiro atoms. The van der Waals surface area contributed by atoms with E-state index < -0.39 is 0 Å². The third-order valence-corrected chi connectivity index (χ3v) is 3.31. The largest absolute Gasteiger partial charge is 0.360 e. The van der Waals surface area contributed by atoms with Crippen molar-refractivity contribution in [3.05, 3.63) is 54.3 Å². The first-order valence-electron chi connectivity index (χ1n) is 5.38. The Labute approximate surface area is 107 Å². The first-order chi connectivity index (χ1) is 8.38. The monoisotopic (exact) mass is 287 g/mol. The predicted molar refractivity (Wildman–Crippen MR) is 72.1 cm³/mol. The molecule has 2 nitrogen and oxygen atoms in total. The normalized spacial score (nSPS) is 10.9. The molecule has 0 atom stereocenters. The van der Waals surface area contributed by atoms with Crippen molar-refractivity contribution in [2.24, 2.45) is 0 Å². The lowest BCUT2D eigenvalue weighted by molar-refractivity contribution is 0.398. The zero-order valence-electron chi connectivity index (χ0n) is 9.06. The minimum atomic E-state index is 0.685. The standard InChI is InChI=1S/C14H10BrNO/c15-9-11-8-14(16-17-11)13-7-3-5-10-4-1-2-6-12(10)13/h1-8H,9H2. The lowest BCUT2D eigenvalue weighted by Gasteiger charge is -2.02. The molecule has 17 heavy (non-hydrogen) atoms. The van der Waals surface area contributed by atoms with Gasteiger partial charge in [0.05, 0.1) is 5.33 Å². The van der Waals surface area contributed by atoms with Gasteiger partial charge in [-0.15, -0.1) is 0 Å². The van der Waals surface area contributed by atoms with E-state index in [0.717, 1.165) is 17.0 Å². The minimum Gasteiger partial charge on any atom is -0.360 e. The lowest BCUT2D eigenvalue weighted by atomic mass is 10.0. The van der Waals surface area contributed by atoms with Crippen molar-refractivity contribution in [3.8, 4) is 11.3 Å². The number of aromatic nitrogens is 1. The second-order valence-corrected chi connectivity index (χ2v) is 4.40. The summed E-state index contributed by atoms with van der Waals surface area (Å²) >= 11 is 3.36. The Kier molecular flexibility index (Phi) is 2.69. The molecular formula is C14H10BrNO. The third kappa shape index (κ3) is 1.87. The summed E-state index contributed by atoms with van der Waals surface area (Å²) < 4.78 is 5.22. The van der Waals surface area contributed by atoms with Crippen LogP contribution in [-0.2, 0) is 5.33 Å². The fourth-order valence-corrected chi connectivity index (χ4v) is 2.22. The highest BCUT2D eigenvalue weighted by Gasteiger charge is 2.08. The molecule has 0 N–H and O–H groups in total. The van der Waals surface area contributed by atoms with Gasteiger partial charge in [-0.2, -0.15) is 0 Å². The van der Waals surface area contributed by atoms with Crippen LogP contribution >= 0.6 is 15.9 Å². The van der Waals surface area contributed by atoms with Crippen LogP contribution in [0.25, 0.3) is 22.0 Å². The quantitative estimate of drug-likeness (QED) is 0.654. The maximum Gasteiger partial charge on any atom is 0.147 e. The molecule has 0 unspecified atom stereocenters. The maximum absolute atomic E-state index is 5.22. The van der Waals surface area contributed by atoms with E-state index in [1.54, 1.807) is 0 Å². The number of fused-ring (bicyclic) bond motifs is 1. The van der Waals surface area contributed by atoms with Crippen molar-refractivity contribution in [1.29, 1.82) is 0 Å². The molecule has 0 saturated carbocycles. The van der Waals surface area contributed by atoms with Gasteiger partial charge in [-0.1, -0.05) is 63.6 Å². The highest BCUT2D eigenvalue weighted by Crippen LogP contribution is 2.28. The summed E-state index contributed by atoms with van der Waals surface area (Å²) in [6.07, 6.45) is 0. The number of hydrogen-bond donors (Lipinski definition) is 0. The molecule has 2 aromatic carbocycles. The molecular weight excluding hydrogens is 278 g/mol. The molecule has 1 aromatic heterocycles. The van der Waals surface area contributed by atoms with E-state index in [0.29, 0.717) is 5.33 Å². The molecule has 0 fully saturated rings. The first kappa shape index (κ1) is 10.5. The van der Waals surface area contributed by atoms with Crippen LogP contribution in [0.2, 0.25) is 0 Å². The number of halogens is 1. The molecule has 84 valence electrons. The molecule has 0 aliphatic rings. The van der Waals surface area contributed by atoms with E-state index in [9.17, 15) is 0 Å². The summed E-state index contributed by atoms with van der Waals surface area (Å²) in [5, 5.41) is 7.20. The Bertz CT molecular complexity index is 655. The van der Waals surface area contributed by atoms with Crippen molar-refractivity contribution >= 4 is 26.7 Å². The van der Waals surface area contributed by atoms with E-state index in [1.165, 1.54) is 10.8 Å². The van der Waals surface area contributed by atoms with E-state index in [1.807, 2.05) is 24.3 Å². The Morgan fingerprint density at radius 1 is 1.06 bits per heavy atom. The molecule has 0 radical (unpaired) electrons. The number of nitrogens with zero attached hydrogens (tertiary/aromatic N) is 1. The molecule has 0 aliphatic heterocycles. The molecule has 3 aromatic rings. The molecule has 3 rings (SSSR count). The molecule has 0 amide bonds. The van der Waals surface area contributed by atoms with Gasteiger partial charge in [0.1, 0.15) is 11.5 Å². The number of alkyl halides is 1. The van der Waals surface area contributed by atoms with Crippen molar-refractivity contribution in [1.82, 2.24) is 5.16 Å². The van der Waals surface area contributed by atoms with Crippen LogP contribution in [0.3, 0.4) is 0 Å². The highest BCUT2D eigenvalue weighted by atomic mass is 79.9. The average molecular weight is 288 g/mol. The summed E-state index contributed by atoms with van der Waals surface area (Å²) in [5.41, 5.74) is 2.00. The zero-order chi connectivity index (χ0) is 11.7. The van der Waals surface area contributed by atoms with Crippen molar-refractivity contribution in [2.45, 2.75) is 5.33 Å². The summed E-state index contributed by atoms with van der Waals surface area (Å²) in [5.74, 6) is 0.841. The van der Waals surface area contributed by atoms with E-state index in [2.05, 4.69) is 45.4 Å². The van der Waals surface area contributed by atoms with Crippen LogP contribution in [-0.4, -0.2) is 5.16 Å². The van der Waals surface area contributed by atoms with Gasteiger partial charge in [0.2, 0.25) is 0 Å². The summed E-state index contributed by atoms with van der Waals surface area (Å²) in [4.78, 5) is 0. The van der Waals surface area contributed by atoms with Crippen LogP contribution in [0.4, 0.5) is 0 Å². The summed E-state index contributed by atoms with van der Waals surface area (Å²) in [6.45, 7) is 0. The smallest absolute Gasteiger partial charge is 0.147 e. The molecule has 1 heterocycles. The van der Waals surface area contributed by atoms with Gasteiger partial charge in [-0.25, -0.2) is 0 Å². The van der Waals surface area contributed by atoms with Gasteiger partial charge < -0.3 is 4.52 Å². The summed E-state index contributed by atoms with van der Waals surface area (Å²) in [7, 11) is 0. The van der Waals surface area contributed by atoms with Crippen LogP contribution in [0.1, 0.15) is 5.76 Å². The predicted octanol–water partition coefficient (Wildman–Crippen LogP) is 4.39. The molecule has 0 saturated heterocycles. The van der Waals surface area contributed by atoms with Crippen molar-refractivity contribution in [2.75, 3.05) is 0 Å². The fraction of sp³-hybridized carbons (Fsp3) is 0.0714. The summed E-state index contributed by atoms with van der Waals surface area (Å²) in [6, 6.07) is 16.5. The maximum atomic E-state index is 5.22. The zero-order valence-corrected chi connectivity index (χ0v) is 10.6. The van der Waals surface area contributed by atoms with Gasteiger partial charge in [0.25, 0.3) is 0 Å². The topological polar surface area (TPSA) is 26.0 Å². The highest BCUT2D eigenvalue weighted by molar-refractivity contribution is 9.08. The minimum absolute atomic E-state index is 0.685. The molecule has 3 heteroatoms. The van der Waals surface area contributed by atoms with E-state index in [-0.39, 0.29) is 0 Å². The molecule has 0 aliphatic carbocycles. The SMILES string of the molecule is BrCc1cc(-c2cccc3ccccc23)no1. The van der Waals surface area contributed by atoms with Crippen LogP contribution in [0.15, 0.2) is 53.1 Å². The fourth-order valence-electron chi connectivity index (χ4n) is 1.95. The Morgan fingerprint density at radius 3 is 2.71 bits per heavy atom. The van der Waals surface area contributed by atoms with Gasteiger partial charge >= 0.3 is 0 Å². The lowest BCUT2D eigenvalue weighted by Crippen LogP contribution is -1.80. The molecule has 0 bridgehead atoms. The first-order valence-corrected chi connectivity index (χ1v) is 6.50. The second-order valence-electron chi connectivity index (χ2n) is 3.84. The van der Waals surface area contributed by atoms with Gasteiger partial charge in [-0.3, -0.25) is 0 Å². The number of rotatable bonds is 2.